The Balaban J connectivity index is 2.73. The van der Waals surface area contributed by atoms with Gasteiger partial charge >= 0.3 is 0 Å². The number of hydrogen-bond donors (Lipinski definition) is 1. The molecule has 0 saturated carbocycles. The lowest BCUT2D eigenvalue weighted by Gasteiger charge is -2.05. The van der Waals surface area contributed by atoms with Gasteiger partial charge in [0.1, 0.15) is 12.4 Å². The maximum absolute atomic E-state index is 11.1. The van der Waals surface area contributed by atoms with E-state index in [0.29, 0.717) is 11.3 Å². The predicted molar refractivity (Wildman–Crippen MR) is 50.4 cm³/mol. The van der Waals surface area contributed by atoms with Crippen molar-refractivity contribution in [3.05, 3.63) is 29.8 Å². The van der Waals surface area contributed by atoms with Gasteiger partial charge in [-0.3, -0.25) is 4.79 Å². The van der Waals surface area contributed by atoms with Crippen LogP contribution in [0.2, 0.25) is 0 Å². The van der Waals surface area contributed by atoms with Gasteiger partial charge in [0.05, 0.1) is 0 Å². The van der Waals surface area contributed by atoms with Crippen LogP contribution in [0.4, 0.5) is 0 Å². The van der Waals surface area contributed by atoms with E-state index in [1.807, 2.05) is 0 Å². The average molecular weight is 196 g/mol. The van der Waals surface area contributed by atoms with E-state index in [1.54, 1.807) is 24.3 Å². The number of aliphatic hydroxyl groups excluding tert-OH is 1. The number of methoxy groups -OCH3 is 1. The van der Waals surface area contributed by atoms with Crippen LogP contribution in [0.25, 0.3) is 0 Å². The molecule has 14 heavy (non-hydrogen) atoms. The van der Waals surface area contributed by atoms with Crippen LogP contribution < -0.4 is 4.74 Å². The van der Waals surface area contributed by atoms with E-state index in [2.05, 4.69) is 0 Å². The lowest BCUT2D eigenvalue weighted by molar-refractivity contribution is 0.0510. The third-order valence-corrected chi connectivity index (χ3v) is 1.64. The topological polar surface area (TPSA) is 55.8 Å². The van der Waals surface area contributed by atoms with Crippen LogP contribution >= 0.6 is 0 Å². The van der Waals surface area contributed by atoms with Gasteiger partial charge in [-0.1, -0.05) is 12.1 Å². The average Bonchev–Trinajstić information content (AvgIpc) is 2.25. The van der Waals surface area contributed by atoms with Crippen LogP contribution in [0.5, 0.6) is 5.75 Å². The van der Waals surface area contributed by atoms with Crippen LogP contribution in [-0.2, 0) is 4.74 Å². The summed E-state index contributed by atoms with van der Waals surface area (Å²) in [5.74, 6) is 0.221. The first-order chi connectivity index (χ1) is 6.77. The first-order valence-electron chi connectivity index (χ1n) is 4.13. The second-order valence-electron chi connectivity index (χ2n) is 2.66. The van der Waals surface area contributed by atoms with E-state index < -0.39 is 6.61 Å². The standard InChI is InChI=1S/C10H12O4/c1-13-7-14-9-4-2-3-8(5-9)10(12)6-11/h2-5,11H,6-7H2,1H3. The summed E-state index contributed by atoms with van der Waals surface area (Å²) in [6.07, 6.45) is 0. The van der Waals surface area contributed by atoms with Crippen molar-refractivity contribution in [3.63, 3.8) is 0 Å². The van der Waals surface area contributed by atoms with Gasteiger partial charge in [0.15, 0.2) is 12.6 Å². The summed E-state index contributed by atoms with van der Waals surface area (Å²) in [6.45, 7) is -0.357. The number of benzene rings is 1. The number of rotatable bonds is 5. The third kappa shape index (κ3) is 2.83. The lowest BCUT2D eigenvalue weighted by Crippen LogP contribution is -2.05. The van der Waals surface area contributed by atoms with Crippen LogP contribution in [0.1, 0.15) is 10.4 Å². The molecule has 1 rings (SSSR count). The Kier molecular flexibility index (Phi) is 4.10. The zero-order valence-electron chi connectivity index (χ0n) is 7.90. The molecule has 0 atom stereocenters. The molecule has 76 valence electrons. The van der Waals surface area contributed by atoms with Crippen molar-refractivity contribution in [1.29, 1.82) is 0 Å². The molecular weight excluding hydrogens is 184 g/mol. The van der Waals surface area contributed by atoms with Crippen LogP contribution in [0.15, 0.2) is 24.3 Å². The Morgan fingerprint density at radius 3 is 2.93 bits per heavy atom. The SMILES string of the molecule is COCOc1cccc(C(=O)CO)c1. The summed E-state index contributed by atoms with van der Waals surface area (Å²) >= 11 is 0. The predicted octanol–water partition coefficient (Wildman–Crippen LogP) is 0.844. The van der Waals surface area contributed by atoms with E-state index in [9.17, 15) is 4.79 Å². The summed E-state index contributed by atoms with van der Waals surface area (Å²) < 4.78 is 9.85. The van der Waals surface area contributed by atoms with Gasteiger partial charge in [-0.25, -0.2) is 0 Å². The van der Waals surface area contributed by atoms with E-state index in [-0.39, 0.29) is 12.6 Å². The highest BCUT2D eigenvalue weighted by Crippen LogP contribution is 2.13. The third-order valence-electron chi connectivity index (χ3n) is 1.64. The summed E-state index contributed by atoms with van der Waals surface area (Å²) in [7, 11) is 1.52. The highest BCUT2D eigenvalue weighted by molar-refractivity contribution is 5.97. The molecule has 0 bridgehead atoms. The number of Topliss-reactive ketones (excluding diaryl/α,β-unsaturated/α-hetero) is 1. The second kappa shape index (κ2) is 5.36. The fourth-order valence-electron chi connectivity index (χ4n) is 0.978. The van der Waals surface area contributed by atoms with Gasteiger partial charge in [-0.15, -0.1) is 0 Å². The number of hydrogen-bond acceptors (Lipinski definition) is 4. The van der Waals surface area contributed by atoms with Crippen molar-refractivity contribution in [1.82, 2.24) is 0 Å². The molecule has 0 amide bonds. The fourth-order valence-corrected chi connectivity index (χ4v) is 0.978. The molecule has 0 aliphatic rings. The zero-order valence-corrected chi connectivity index (χ0v) is 7.90. The Morgan fingerprint density at radius 1 is 1.50 bits per heavy atom. The van der Waals surface area contributed by atoms with Gasteiger partial charge in [0.25, 0.3) is 0 Å². The molecule has 1 N–H and O–H groups in total. The normalized spacial score (nSPS) is 9.86. The summed E-state index contributed by atoms with van der Waals surface area (Å²) in [4.78, 5) is 11.1. The van der Waals surface area contributed by atoms with Gasteiger partial charge in [0, 0.05) is 12.7 Å². The molecule has 0 heterocycles. The van der Waals surface area contributed by atoms with Crippen molar-refractivity contribution >= 4 is 5.78 Å². The fraction of sp³-hybridized carbons (Fsp3) is 0.300. The number of carbonyl (C=O) groups is 1. The number of aliphatic hydroxyl groups is 1. The van der Waals surface area contributed by atoms with Gasteiger partial charge in [-0.2, -0.15) is 0 Å². The molecule has 1 aromatic rings. The first kappa shape index (κ1) is 10.7. The smallest absolute Gasteiger partial charge is 0.188 e. The quantitative estimate of drug-likeness (QED) is 0.560. The summed E-state index contributed by atoms with van der Waals surface area (Å²) in [5, 5.41) is 8.64. The lowest BCUT2D eigenvalue weighted by atomic mass is 10.1. The molecule has 0 aliphatic carbocycles. The Morgan fingerprint density at radius 2 is 2.29 bits per heavy atom. The van der Waals surface area contributed by atoms with Crippen LogP contribution in [0.3, 0.4) is 0 Å². The minimum Gasteiger partial charge on any atom is -0.468 e. The molecular formula is C10H12O4. The maximum atomic E-state index is 11.1. The molecule has 0 radical (unpaired) electrons. The summed E-state index contributed by atoms with van der Waals surface area (Å²) in [6, 6.07) is 6.59. The van der Waals surface area contributed by atoms with Crippen molar-refractivity contribution in [2.24, 2.45) is 0 Å². The van der Waals surface area contributed by atoms with E-state index in [0.717, 1.165) is 0 Å². The number of ketones is 1. The number of ether oxygens (including phenoxy) is 2. The van der Waals surface area contributed by atoms with Crippen molar-refractivity contribution < 1.29 is 19.4 Å². The van der Waals surface area contributed by atoms with E-state index in [4.69, 9.17) is 14.6 Å². The Labute approximate surface area is 82.1 Å². The zero-order chi connectivity index (χ0) is 10.4. The van der Waals surface area contributed by atoms with Gasteiger partial charge in [0.2, 0.25) is 0 Å². The van der Waals surface area contributed by atoms with Crippen LogP contribution in [-0.4, -0.2) is 31.4 Å². The molecule has 0 saturated heterocycles. The Hall–Kier alpha value is -1.39. The first-order valence-corrected chi connectivity index (χ1v) is 4.13. The second-order valence-corrected chi connectivity index (χ2v) is 2.66. The van der Waals surface area contributed by atoms with E-state index >= 15 is 0 Å². The van der Waals surface area contributed by atoms with Crippen molar-refractivity contribution in [2.45, 2.75) is 0 Å². The van der Waals surface area contributed by atoms with E-state index in [1.165, 1.54) is 7.11 Å². The highest BCUT2D eigenvalue weighted by Gasteiger charge is 2.04. The number of carbonyl (C=O) groups excluding carboxylic acids is 1. The van der Waals surface area contributed by atoms with Crippen molar-refractivity contribution in [3.8, 4) is 5.75 Å². The highest BCUT2D eigenvalue weighted by atomic mass is 16.7. The van der Waals surface area contributed by atoms with Crippen molar-refractivity contribution in [2.75, 3.05) is 20.5 Å². The minimum absolute atomic E-state index is 0.136. The monoisotopic (exact) mass is 196 g/mol. The Bertz CT molecular complexity index is 309. The molecule has 0 aliphatic heterocycles. The largest absolute Gasteiger partial charge is 0.468 e. The molecule has 0 unspecified atom stereocenters. The molecule has 0 spiro atoms. The molecule has 0 aromatic heterocycles. The minimum atomic E-state index is -0.492. The maximum Gasteiger partial charge on any atom is 0.188 e. The molecule has 1 aromatic carbocycles. The molecule has 4 heteroatoms. The summed E-state index contributed by atoms with van der Waals surface area (Å²) in [5.41, 5.74) is 0.432. The van der Waals surface area contributed by atoms with Crippen LogP contribution in [0, 0.1) is 0 Å². The van der Waals surface area contributed by atoms with Gasteiger partial charge in [-0.05, 0) is 12.1 Å². The molecule has 0 fully saturated rings. The van der Waals surface area contributed by atoms with Gasteiger partial charge < -0.3 is 14.6 Å². The molecule has 4 nitrogen and oxygen atoms in total.